The van der Waals surface area contributed by atoms with Crippen LogP contribution in [0.5, 0.6) is 0 Å². The molecule has 0 aliphatic heterocycles. The number of rotatable bonds is 1. The molecule has 2 rings (SSSR count). The van der Waals surface area contributed by atoms with Crippen LogP contribution in [0.15, 0.2) is 23.0 Å². The van der Waals surface area contributed by atoms with Gasteiger partial charge in [0, 0.05) is 3.57 Å². The van der Waals surface area contributed by atoms with Gasteiger partial charge >= 0.3 is 5.69 Å². The highest BCUT2D eigenvalue weighted by Gasteiger charge is 2.07. The molecule has 0 aliphatic carbocycles. The number of halogens is 2. The Morgan fingerprint density at radius 2 is 2.13 bits per heavy atom. The highest BCUT2D eigenvalue weighted by atomic mass is 127. The van der Waals surface area contributed by atoms with Crippen molar-refractivity contribution in [2.45, 2.75) is 0 Å². The van der Waals surface area contributed by atoms with Gasteiger partial charge in [-0.1, -0.05) is 11.6 Å². The first kappa shape index (κ1) is 10.9. The summed E-state index contributed by atoms with van der Waals surface area (Å²) in [5, 5.41) is 5.44. The zero-order chi connectivity index (χ0) is 11.0. The lowest BCUT2D eigenvalue weighted by Gasteiger charge is -2.03. The summed E-state index contributed by atoms with van der Waals surface area (Å²) in [4.78, 5) is 11.4. The summed E-state index contributed by atoms with van der Waals surface area (Å²) >= 11 is 13.1. The van der Waals surface area contributed by atoms with Crippen molar-refractivity contribution >= 4 is 46.4 Å². The molecule has 0 bridgehead atoms. The van der Waals surface area contributed by atoms with E-state index >= 15 is 0 Å². The molecule has 0 saturated carbocycles. The van der Waals surface area contributed by atoms with Crippen LogP contribution in [0.3, 0.4) is 0 Å². The summed E-state index contributed by atoms with van der Waals surface area (Å²) in [7, 11) is 0. The summed E-state index contributed by atoms with van der Waals surface area (Å²) in [6, 6.07) is 5.38. The minimum absolute atomic E-state index is 0.295. The van der Waals surface area contributed by atoms with Crippen LogP contribution < -0.4 is 5.69 Å². The molecule has 0 amide bonds. The van der Waals surface area contributed by atoms with Crippen LogP contribution in [0, 0.1) is 8.34 Å². The molecule has 0 fully saturated rings. The molecule has 78 valence electrons. The molecule has 7 heteroatoms. The quantitative estimate of drug-likeness (QED) is 0.611. The predicted octanol–water partition coefficient (Wildman–Crippen LogP) is 2.48. The predicted molar refractivity (Wildman–Crippen MR) is 69.3 cm³/mol. The second-order valence-corrected chi connectivity index (χ2v) is 4.83. The van der Waals surface area contributed by atoms with Gasteiger partial charge < -0.3 is 0 Å². The number of benzene rings is 1. The summed E-state index contributed by atoms with van der Waals surface area (Å²) in [6.45, 7) is 0. The monoisotopic (exact) mass is 353 g/mol. The largest absolute Gasteiger partial charge is 0.347 e. The van der Waals surface area contributed by atoms with E-state index < -0.39 is 0 Å². The molecular formula is C8H5ClIN3OS. The van der Waals surface area contributed by atoms with Crippen LogP contribution in [0.4, 0.5) is 0 Å². The second kappa shape index (κ2) is 4.11. The minimum atomic E-state index is -0.330. The molecule has 0 aliphatic rings. The normalized spacial score (nSPS) is 10.5. The molecule has 0 saturated heterocycles. The molecule has 1 aromatic heterocycles. The fourth-order valence-corrected chi connectivity index (χ4v) is 2.37. The molecule has 15 heavy (non-hydrogen) atoms. The Kier molecular flexibility index (Phi) is 2.98. The smallest absolute Gasteiger partial charge is 0.272 e. The number of H-pyrrole nitrogens is 2. The van der Waals surface area contributed by atoms with Gasteiger partial charge in [0.15, 0.2) is 0 Å². The van der Waals surface area contributed by atoms with E-state index in [4.69, 9.17) is 23.8 Å². The summed E-state index contributed by atoms with van der Waals surface area (Å²) < 4.78 is 2.61. The molecule has 0 radical (unpaired) electrons. The van der Waals surface area contributed by atoms with Crippen molar-refractivity contribution < 1.29 is 0 Å². The lowest BCUT2D eigenvalue weighted by atomic mass is 10.3. The first-order valence-corrected chi connectivity index (χ1v) is 5.81. The maximum absolute atomic E-state index is 11.4. The Morgan fingerprint density at radius 3 is 2.67 bits per heavy atom. The number of nitrogens with one attached hydrogen (secondary N) is 2. The lowest BCUT2D eigenvalue weighted by Crippen LogP contribution is -2.15. The number of nitrogens with zero attached hydrogens (tertiary/aromatic N) is 1. The first-order chi connectivity index (χ1) is 7.09. The summed E-state index contributed by atoms with van der Waals surface area (Å²) in [6.07, 6.45) is 0. The topological polar surface area (TPSA) is 53.6 Å². The van der Waals surface area contributed by atoms with Crippen molar-refractivity contribution in [3.05, 3.63) is 42.0 Å². The van der Waals surface area contributed by atoms with Crippen LogP contribution in [-0.2, 0) is 0 Å². The van der Waals surface area contributed by atoms with Crippen LogP contribution in [-0.4, -0.2) is 14.8 Å². The van der Waals surface area contributed by atoms with Gasteiger partial charge in [-0.3, -0.25) is 5.10 Å². The Morgan fingerprint density at radius 1 is 1.40 bits per heavy atom. The highest BCUT2D eigenvalue weighted by molar-refractivity contribution is 14.1. The highest BCUT2D eigenvalue weighted by Crippen LogP contribution is 2.21. The van der Waals surface area contributed by atoms with Crippen molar-refractivity contribution in [1.82, 2.24) is 14.8 Å². The fourth-order valence-electron chi connectivity index (χ4n) is 1.19. The fraction of sp³-hybridized carbons (Fsp3) is 0. The van der Waals surface area contributed by atoms with Crippen LogP contribution >= 0.6 is 46.4 Å². The van der Waals surface area contributed by atoms with Crippen molar-refractivity contribution in [2.75, 3.05) is 0 Å². The van der Waals surface area contributed by atoms with E-state index in [-0.39, 0.29) is 5.69 Å². The number of hydrogen-bond donors (Lipinski definition) is 2. The second-order valence-electron chi connectivity index (χ2n) is 2.79. The third-order valence-corrected chi connectivity index (χ3v) is 3.09. The molecule has 4 nitrogen and oxygen atoms in total. The van der Waals surface area contributed by atoms with E-state index in [2.05, 4.69) is 32.8 Å². The molecule has 0 atom stereocenters. The standard InChI is InChI=1S/C8H5ClIN3OS/c9-5-3-4(10)1-2-6(5)13-7(14)11-12-8(13)15/h1-3H,(H,11,14)(H,12,15). The zero-order valence-electron chi connectivity index (χ0n) is 7.25. The van der Waals surface area contributed by atoms with Crippen molar-refractivity contribution in [3.8, 4) is 5.69 Å². The summed E-state index contributed by atoms with van der Waals surface area (Å²) in [5.74, 6) is 0. The lowest BCUT2D eigenvalue weighted by molar-refractivity contribution is 0.975. The molecule has 0 unspecified atom stereocenters. The Balaban J connectivity index is 2.75. The molecular weight excluding hydrogens is 349 g/mol. The molecule has 2 N–H and O–H groups in total. The van der Waals surface area contributed by atoms with E-state index in [1.807, 2.05) is 6.07 Å². The number of aromatic amines is 2. The van der Waals surface area contributed by atoms with Gasteiger partial charge in [0.25, 0.3) is 0 Å². The van der Waals surface area contributed by atoms with Gasteiger partial charge in [-0.15, -0.1) is 0 Å². The van der Waals surface area contributed by atoms with Crippen LogP contribution in [0.2, 0.25) is 5.02 Å². The van der Waals surface area contributed by atoms with Crippen molar-refractivity contribution in [3.63, 3.8) is 0 Å². The van der Waals surface area contributed by atoms with Crippen LogP contribution in [0.1, 0.15) is 0 Å². The minimum Gasteiger partial charge on any atom is -0.272 e. The van der Waals surface area contributed by atoms with Gasteiger partial charge in [0.1, 0.15) is 0 Å². The van der Waals surface area contributed by atoms with Crippen LogP contribution in [0.25, 0.3) is 5.69 Å². The molecule has 1 aromatic carbocycles. The zero-order valence-corrected chi connectivity index (χ0v) is 11.0. The Labute approximate surface area is 108 Å². The van der Waals surface area contributed by atoms with Gasteiger partial charge in [0.05, 0.1) is 10.7 Å². The van der Waals surface area contributed by atoms with E-state index in [1.54, 1.807) is 12.1 Å². The Bertz CT molecular complexity index is 587. The van der Waals surface area contributed by atoms with Crippen molar-refractivity contribution in [1.29, 1.82) is 0 Å². The average Bonchev–Trinajstić information content (AvgIpc) is 2.48. The van der Waals surface area contributed by atoms with Gasteiger partial charge in [-0.25, -0.2) is 14.5 Å². The van der Waals surface area contributed by atoms with E-state index in [0.29, 0.717) is 15.5 Å². The SMILES string of the molecule is O=c1[nH][nH]c(=S)n1-c1ccc(I)cc1Cl. The molecule has 2 aromatic rings. The maximum atomic E-state index is 11.4. The number of aromatic nitrogens is 3. The van der Waals surface area contributed by atoms with Crippen molar-refractivity contribution in [2.24, 2.45) is 0 Å². The van der Waals surface area contributed by atoms with E-state index in [0.717, 1.165) is 3.57 Å². The first-order valence-electron chi connectivity index (χ1n) is 3.95. The Hall–Kier alpha value is -0.600. The number of hydrogen-bond acceptors (Lipinski definition) is 2. The van der Waals surface area contributed by atoms with E-state index in [9.17, 15) is 4.79 Å². The third-order valence-electron chi connectivity index (χ3n) is 1.83. The average molecular weight is 354 g/mol. The van der Waals surface area contributed by atoms with E-state index in [1.165, 1.54) is 4.57 Å². The maximum Gasteiger partial charge on any atom is 0.347 e. The molecule has 1 heterocycles. The van der Waals surface area contributed by atoms with Gasteiger partial charge in [0.2, 0.25) is 4.77 Å². The summed E-state index contributed by atoms with van der Waals surface area (Å²) in [5.41, 5.74) is 0.243. The van der Waals surface area contributed by atoms with Gasteiger partial charge in [-0.05, 0) is 53.0 Å². The van der Waals surface area contributed by atoms with Gasteiger partial charge in [-0.2, -0.15) is 0 Å². The molecule has 0 spiro atoms. The third kappa shape index (κ3) is 2.01.